The number of methoxy groups -OCH3 is 1. The van der Waals surface area contributed by atoms with Gasteiger partial charge >= 0.3 is 0 Å². The van der Waals surface area contributed by atoms with E-state index in [0.29, 0.717) is 6.04 Å². The van der Waals surface area contributed by atoms with Gasteiger partial charge in [-0.3, -0.25) is 4.90 Å². The lowest BCUT2D eigenvalue weighted by Gasteiger charge is -2.46. The third-order valence-corrected chi connectivity index (χ3v) is 4.70. The van der Waals surface area contributed by atoms with Crippen LogP contribution in [0, 0.1) is 5.92 Å². The minimum atomic E-state index is 0.0827. The van der Waals surface area contributed by atoms with Crippen molar-refractivity contribution in [1.82, 2.24) is 9.80 Å². The maximum absolute atomic E-state index is 6.18. The van der Waals surface area contributed by atoms with Crippen molar-refractivity contribution in [3.63, 3.8) is 0 Å². The number of likely N-dealkylation sites (N-methyl/N-ethyl adjacent to an activating group) is 1. The highest BCUT2D eigenvalue weighted by Gasteiger charge is 2.49. The minimum Gasteiger partial charge on any atom is -0.383 e. The topological polar surface area (TPSA) is 41.7 Å². The standard InChI is InChI=1S/C14H29N3O/c1-12-9-16(2)7-4-8-17(12)14(10-15,11-18-3)13-5-6-13/h12-13H,4-11,15H2,1-3H3. The zero-order valence-electron chi connectivity index (χ0n) is 12.2. The molecule has 2 N–H and O–H groups in total. The normalized spacial score (nSPS) is 31.0. The second-order valence-electron chi connectivity index (χ2n) is 6.17. The lowest BCUT2D eigenvalue weighted by atomic mass is 9.90. The lowest BCUT2D eigenvalue weighted by molar-refractivity contribution is -0.0209. The van der Waals surface area contributed by atoms with Crippen LogP contribution in [-0.2, 0) is 4.74 Å². The molecule has 0 aromatic carbocycles. The molecule has 1 aliphatic heterocycles. The van der Waals surface area contributed by atoms with Gasteiger partial charge in [0.1, 0.15) is 0 Å². The monoisotopic (exact) mass is 255 g/mol. The Labute approximate surface area is 111 Å². The highest BCUT2D eigenvalue weighted by atomic mass is 16.5. The van der Waals surface area contributed by atoms with Crippen LogP contribution in [0.3, 0.4) is 0 Å². The molecule has 0 amide bonds. The SMILES string of the molecule is COCC(CN)(C1CC1)N1CCCN(C)CC1C. The molecule has 2 aliphatic rings. The van der Waals surface area contributed by atoms with Crippen molar-refractivity contribution in [2.75, 3.05) is 46.9 Å². The lowest BCUT2D eigenvalue weighted by Crippen LogP contribution is -2.62. The largest absolute Gasteiger partial charge is 0.383 e. The first-order chi connectivity index (χ1) is 8.64. The van der Waals surface area contributed by atoms with Gasteiger partial charge in [-0.25, -0.2) is 0 Å². The first kappa shape index (κ1) is 14.3. The molecule has 0 spiro atoms. The predicted octanol–water partition coefficient (Wildman–Crippen LogP) is 0.766. The first-order valence-corrected chi connectivity index (χ1v) is 7.28. The van der Waals surface area contributed by atoms with Crippen LogP contribution < -0.4 is 5.73 Å². The highest BCUT2D eigenvalue weighted by Crippen LogP contribution is 2.44. The number of nitrogens with zero attached hydrogens (tertiary/aromatic N) is 2. The third kappa shape index (κ3) is 2.72. The molecule has 4 heteroatoms. The molecule has 0 aromatic rings. The molecule has 2 atom stereocenters. The van der Waals surface area contributed by atoms with Crippen LogP contribution in [0.5, 0.6) is 0 Å². The zero-order chi connectivity index (χ0) is 13.2. The Morgan fingerprint density at radius 2 is 2.06 bits per heavy atom. The van der Waals surface area contributed by atoms with Crippen LogP contribution in [0.15, 0.2) is 0 Å². The van der Waals surface area contributed by atoms with E-state index in [4.69, 9.17) is 10.5 Å². The van der Waals surface area contributed by atoms with Crippen molar-refractivity contribution < 1.29 is 4.74 Å². The molecule has 0 radical (unpaired) electrons. The van der Waals surface area contributed by atoms with Gasteiger partial charge in [-0.15, -0.1) is 0 Å². The summed E-state index contributed by atoms with van der Waals surface area (Å²) in [5.74, 6) is 0.744. The van der Waals surface area contributed by atoms with Gasteiger partial charge in [-0.2, -0.15) is 0 Å². The highest BCUT2D eigenvalue weighted by molar-refractivity contribution is 5.05. The van der Waals surface area contributed by atoms with Crippen LogP contribution >= 0.6 is 0 Å². The van der Waals surface area contributed by atoms with Gasteiger partial charge in [0.2, 0.25) is 0 Å². The Bertz CT molecular complexity index is 270. The second kappa shape index (κ2) is 5.87. The Balaban J connectivity index is 2.17. The summed E-state index contributed by atoms with van der Waals surface area (Å²) in [5.41, 5.74) is 6.26. The fourth-order valence-corrected chi connectivity index (χ4v) is 3.68. The molecule has 2 rings (SSSR count). The molecule has 1 saturated heterocycles. The fourth-order valence-electron chi connectivity index (χ4n) is 3.68. The van der Waals surface area contributed by atoms with Gasteiger partial charge in [0.25, 0.3) is 0 Å². The van der Waals surface area contributed by atoms with E-state index in [2.05, 4.69) is 23.8 Å². The molecule has 18 heavy (non-hydrogen) atoms. The summed E-state index contributed by atoms with van der Waals surface area (Å²) in [6.45, 7) is 7.33. The van der Waals surface area contributed by atoms with Gasteiger partial charge in [0.05, 0.1) is 12.1 Å². The van der Waals surface area contributed by atoms with Gasteiger partial charge in [0, 0.05) is 32.8 Å². The van der Waals surface area contributed by atoms with Crippen molar-refractivity contribution in [2.24, 2.45) is 11.7 Å². The fraction of sp³-hybridized carbons (Fsp3) is 1.00. The van der Waals surface area contributed by atoms with Crippen molar-refractivity contribution in [2.45, 2.75) is 37.8 Å². The quantitative estimate of drug-likeness (QED) is 0.788. The molecule has 2 fully saturated rings. The Hall–Kier alpha value is -0.160. The Kier molecular flexibility index (Phi) is 4.64. The third-order valence-electron chi connectivity index (χ3n) is 4.70. The molecule has 2 unspecified atom stereocenters. The average Bonchev–Trinajstić information content (AvgIpc) is 3.16. The van der Waals surface area contributed by atoms with Crippen LogP contribution in [0.2, 0.25) is 0 Å². The van der Waals surface area contributed by atoms with E-state index in [1.807, 2.05) is 0 Å². The van der Waals surface area contributed by atoms with E-state index in [1.54, 1.807) is 7.11 Å². The van der Waals surface area contributed by atoms with Crippen LogP contribution in [0.4, 0.5) is 0 Å². The molecule has 0 aromatic heterocycles. The molecule has 1 heterocycles. The number of hydrogen-bond acceptors (Lipinski definition) is 4. The Morgan fingerprint density at radius 1 is 1.33 bits per heavy atom. The molecular formula is C14H29N3O. The van der Waals surface area contributed by atoms with E-state index in [-0.39, 0.29) is 5.54 Å². The van der Waals surface area contributed by atoms with Gasteiger partial charge in [-0.05, 0) is 45.7 Å². The van der Waals surface area contributed by atoms with E-state index >= 15 is 0 Å². The van der Waals surface area contributed by atoms with E-state index in [1.165, 1.54) is 25.8 Å². The maximum Gasteiger partial charge on any atom is 0.0661 e. The molecule has 0 bridgehead atoms. The summed E-state index contributed by atoms with van der Waals surface area (Å²) in [6, 6.07) is 0.566. The summed E-state index contributed by atoms with van der Waals surface area (Å²) >= 11 is 0. The summed E-state index contributed by atoms with van der Waals surface area (Å²) in [6.07, 6.45) is 3.87. The number of nitrogens with two attached hydrogens (primary N) is 1. The van der Waals surface area contributed by atoms with Crippen molar-refractivity contribution in [1.29, 1.82) is 0 Å². The predicted molar refractivity (Wildman–Crippen MR) is 74.7 cm³/mol. The first-order valence-electron chi connectivity index (χ1n) is 7.28. The molecule has 1 aliphatic carbocycles. The smallest absolute Gasteiger partial charge is 0.0661 e. The van der Waals surface area contributed by atoms with Crippen LogP contribution in [-0.4, -0.2) is 68.3 Å². The van der Waals surface area contributed by atoms with Crippen molar-refractivity contribution >= 4 is 0 Å². The van der Waals surface area contributed by atoms with Gasteiger partial charge < -0.3 is 15.4 Å². The van der Waals surface area contributed by atoms with E-state index in [0.717, 1.165) is 32.2 Å². The molecular weight excluding hydrogens is 226 g/mol. The number of ether oxygens (including phenoxy) is 1. The van der Waals surface area contributed by atoms with Crippen LogP contribution in [0.25, 0.3) is 0 Å². The maximum atomic E-state index is 6.18. The molecule has 4 nitrogen and oxygen atoms in total. The van der Waals surface area contributed by atoms with Crippen LogP contribution in [0.1, 0.15) is 26.2 Å². The minimum absolute atomic E-state index is 0.0827. The zero-order valence-corrected chi connectivity index (χ0v) is 12.2. The summed E-state index contributed by atoms with van der Waals surface area (Å²) < 4.78 is 5.53. The van der Waals surface area contributed by atoms with Gasteiger partial charge in [0.15, 0.2) is 0 Å². The summed E-state index contributed by atoms with van der Waals surface area (Å²) in [7, 11) is 4.03. The average molecular weight is 255 g/mol. The van der Waals surface area contributed by atoms with E-state index < -0.39 is 0 Å². The second-order valence-corrected chi connectivity index (χ2v) is 6.17. The summed E-state index contributed by atoms with van der Waals surface area (Å²) in [4.78, 5) is 5.09. The number of rotatable bonds is 5. The molecule has 1 saturated carbocycles. The molecule has 106 valence electrons. The summed E-state index contributed by atoms with van der Waals surface area (Å²) in [5, 5.41) is 0. The van der Waals surface area contributed by atoms with Crippen molar-refractivity contribution in [3.8, 4) is 0 Å². The van der Waals surface area contributed by atoms with E-state index in [9.17, 15) is 0 Å². The Morgan fingerprint density at radius 3 is 2.61 bits per heavy atom. The number of hydrogen-bond donors (Lipinski definition) is 1. The van der Waals surface area contributed by atoms with Crippen molar-refractivity contribution in [3.05, 3.63) is 0 Å². The van der Waals surface area contributed by atoms with Gasteiger partial charge in [-0.1, -0.05) is 0 Å².